The summed E-state index contributed by atoms with van der Waals surface area (Å²) in [5.74, 6) is 1.06. The molecule has 2 N–H and O–H groups in total. The number of ether oxygens (including phenoxy) is 2. The van der Waals surface area contributed by atoms with Crippen molar-refractivity contribution >= 4 is 23.4 Å². The van der Waals surface area contributed by atoms with Gasteiger partial charge in [0.05, 0.1) is 30.3 Å². The van der Waals surface area contributed by atoms with E-state index >= 15 is 0 Å². The highest BCUT2D eigenvalue weighted by atomic mass is 16.6. The van der Waals surface area contributed by atoms with Crippen molar-refractivity contribution < 1.29 is 19.1 Å². The van der Waals surface area contributed by atoms with Crippen LogP contribution in [0.2, 0.25) is 0 Å². The van der Waals surface area contributed by atoms with Crippen LogP contribution in [0.1, 0.15) is 41.9 Å². The smallest absolute Gasteiger partial charge is 0.407 e. The Labute approximate surface area is 133 Å². The summed E-state index contributed by atoms with van der Waals surface area (Å²) in [6.45, 7) is 0.235. The normalized spacial score (nSPS) is 14.8. The zero-order valence-corrected chi connectivity index (χ0v) is 12.9. The first-order valence-corrected chi connectivity index (χ1v) is 7.66. The second-order valence-electron chi connectivity index (χ2n) is 5.58. The van der Waals surface area contributed by atoms with Gasteiger partial charge in [0.2, 0.25) is 0 Å². The summed E-state index contributed by atoms with van der Waals surface area (Å²) in [5, 5.41) is 2.69. The molecule has 122 valence electrons. The summed E-state index contributed by atoms with van der Waals surface area (Å²) in [4.78, 5) is 30.2. The predicted molar refractivity (Wildman–Crippen MR) is 83.6 cm³/mol. The van der Waals surface area contributed by atoms with Crippen LogP contribution >= 0.6 is 0 Å². The standard InChI is InChI=1S/C16H19N3O4/c1-22-14-7-13-12(6-10(14)9-20)18-15(19-13)8-17-16(21)23-11-4-2-3-5-11/h6-7,9,11H,2-5,8H2,1H3,(H,17,21)(H,18,19). The van der Waals surface area contributed by atoms with Crippen molar-refractivity contribution in [3.05, 3.63) is 23.5 Å². The summed E-state index contributed by atoms with van der Waals surface area (Å²) in [7, 11) is 1.50. The first kappa shape index (κ1) is 15.3. The molecule has 0 unspecified atom stereocenters. The third-order valence-electron chi connectivity index (χ3n) is 3.99. The van der Waals surface area contributed by atoms with Gasteiger partial charge in [0.15, 0.2) is 6.29 Å². The zero-order chi connectivity index (χ0) is 16.2. The average Bonchev–Trinajstić information content (AvgIpc) is 3.20. The van der Waals surface area contributed by atoms with Gasteiger partial charge in [-0.05, 0) is 31.7 Å². The van der Waals surface area contributed by atoms with E-state index < -0.39 is 6.09 Å². The molecule has 0 bridgehead atoms. The first-order chi connectivity index (χ1) is 11.2. The molecule has 1 aromatic heterocycles. The van der Waals surface area contributed by atoms with Gasteiger partial charge < -0.3 is 19.8 Å². The van der Waals surface area contributed by atoms with Crippen LogP contribution in [0.5, 0.6) is 5.75 Å². The van der Waals surface area contributed by atoms with E-state index in [-0.39, 0.29) is 12.6 Å². The molecule has 1 aliphatic rings. The van der Waals surface area contributed by atoms with E-state index in [2.05, 4.69) is 15.3 Å². The van der Waals surface area contributed by atoms with Crippen LogP contribution in [-0.4, -0.2) is 35.6 Å². The SMILES string of the molecule is COc1cc2nc(CNC(=O)OC3CCCC3)[nH]c2cc1C=O. The van der Waals surface area contributed by atoms with Gasteiger partial charge in [0, 0.05) is 6.07 Å². The molecule has 1 fully saturated rings. The Kier molecular flexibility index (Phi) is 4.45. The number of aldehydes is 1. The molecule has 23 heavy (non-hydrogen) atoms. The quantitative estimate of drug-likeness (QED) is 0.827. The zero-order valence-electron chi connectivity index (χ0n) is 12.9. The van der Waals surface area contributed by atoms with E-state index in [1.54, 1.807) is 12.1 Å². The number of imidazole rings is 1. The van der Waals surface area contributed by atoms with E-state index in [4.69, 9.17) is 9.47 Å². The molecule has 0 radical (unpaired) electrons. The van der Waals surface area contributed by atoms with Gasteiger partial charge in [-0.15, -0.1) is 0 Å². The predicted octanol–water partition coefficient (Wildman–Crippen LogP) is 2.55. The Morgan fingerprint density at radius 1 is 1.43 bits per heavy atom. The lowest BCUT2D eigenvalue weighted by Crippen LogP contribution is -2.27. The number of carbonyl (C=O) groups is 2. The molecule has 7 heteroatoms. The minimum absolute atomic E-state index is 0.0325. The number of hydrogen-bond donors (Lipinski definition) is 2. The van der Waals surface area contributed by atoms with E-state index in [0.717, 1.165) is 32.0 Å². The molecule has 0 atom stereocenters. The third-order valence-corrected chi connectivity index (χ3v) is 3.99. The number of methoxy groups -OCH3 is 1. The Balaban J connectivity index is 1.65. The van der Waals surface area contributed by atoms with Gasteiger partial charge in [0.1, 0.15) is 17.7 Å². The maximum Gasteiger partial charge on any atom is 0.407 e. The van der Waals surface area contributed by atoms with Crippen LogP contribution in [0, 0.1) is 0 Å². The number of benzene rings is 1. The van der Waals surface area contributed by atoms with Gasteiger partial charge >= 0.3 is 6.09 Å². The molecule has 0 saturated heterocycles. The lowest BCUT2D eigenvalue weighted by molar-refractivity contribution is 0.100. The van der Waals surface area contributed by atoms with Gasteiger partial charge in [-0.25, -0.2) is 9.78 Å². The molecule has 1 aliphatic carbocycles. The Morgan fingerprint density at radius 2 is 2.22 bits per heavy atom. The summed E-state index contributed by atoms with van der Waals surface area (Å²) in [6.07, 6.45) is 4.44. The van der Waals surface area contributed by atoms with Crippen molar-refractivity contribution in [3.8, 4) is 5.75 Å². The van der Waals surface area contributed by atoms with Crippen LogP contribution in [0.3, 0.4) is 0 Å². The minimum Gasteiger partial charge on any atom is -0.496 e. The molecule has 3 rings (SSSR count). The van der Waals surface area contributed by atoms with E-state index in [9.17, 15) is 9.59 Å². The molecule has 1 amide bonds. The van der Waals surface area contributed by atoms with Crippen molar-refractivity contribution in [3.63, 3.8) is 0 Å². The molecular formula is C16H19N3O4. The number of H-pyrrole nitrogens is 1. The summed E-state index contributed by atoms with van der Waals surface area (Å²) >= 11 is 0. The molecule has 0 aliphatic heterocycles. The molecule has 2 aromatic rings. The first-order valence-electron chi connectivity index (χ1n) is 7.66. The fourth-order valence-electron chi connectivity index (χ4n) is 2.81. The number of rotatable bonds is 5. The summed E-state index contributed by atoms with van der Waals surface area (Å²) < 4.78 is 10.5. The highest BCUT2D eigenvalue weighted by Gasteiger charge is 2.19. The van der Waals surface area contributed by atoms with Crippen LogP contribution in [0.25, 0.3) is 11.0 Å². The van der Waals surface area contributed by atoms with Gasteiger partial charge in [-0.2, -0.15) is 0 Å². The Bertz CT molecular complexity index is 719. The Morgan fingerprint density at radius 3 is 2.91 bits per heavy atom. The van der Waals surface area contributed by atoms with Gasteiger partial charge in [-0.3, -0.25) is 4.79 Å². The lowest BCUT2D eigenvalue weighted by atomic mass is 10.2. The summed E-state index contributed by atoms with van der Waals surface area (Å²) in [5.41, 5.74) is 1.84. The second-order valence-corrected chi connectivity index (χ2v) is 5.58. The fraction of sp³-hybridized carbons (Fsp3) is 0.438. The maximum atomic E-state index is 11.7. The number of aromatic nitrogens is 2. The number of alkyl carbamates (subject to hydrolysis) is 1. The number of amides is 1. The van der Waals surface area contributed by atoms with Crippen LogP contribution in [0.4, 0.5) is 4.79 Å². The van der Waals surface area contributed by atoms with Crippen molar-refractivity contribution in [1.29, 1.82) is 0 Å². The minimum atomic E-state index is -0.427. The van der Waals surface area contributed by atoms with Crippen molar-refractivity contribution in [1.82, 2.24) is 15.3 Å². The van der Waals surface area contributed by atoms with Gasteiger partial charge in [-0.1, -0.05) is 0 Å². The molecule has 1 saturated carbocycles. The maximum absolute atomic E-state index is 11.7. The number of nitrogens with zero attached hydrogens (tertiary/aromatic N) is 1. The van der Waals surface area contributed by atoms with E-state index in [1.165, 1.54) is 7.11 Å². The number of nitrogens with one attached hydrogen (secondary N) is 2. The monoisotopic (exact) mass is 317 g/mol. The second kappa shape index (κ2) is 6.68. The molecule has 0 spiro atoms. The van der Waals surface area contributed by atoms with Crippen LogP contribution in [-0.2, 0) is 11.3 Å². The molecular weight excluding hydrogens is 298 g/mol. The molecule has 7 nitrogen and oxygen atoms in total. The number of hydrogen-bond acceptors (Lipinski definition) is 5. The number of carbonyl (C=O) groups excluding carboxylic acids is 2. The topological polar surface area (TPSA) is 93.3 Å². The van der Waals surface area contributed by atoms with E-state index in [1.807, 2.05) is 0 Å². The van der Waals surface area contributed by atoms with E-state index in [0.29, 0.717) is 28.2 Å². The highest BCUT2D eigenvalue weighted by molar-refractivity contribution is 5.88. The Hall–Kier alpha value is -2.57. The third kappa shape index (κ3) is 3.44. The van der Waals surface area contributed by atoms with Crippen molar-refractivity contribution in [2.45, 2.75) is 38.3 Å². The van der Waals surface area contributed by atoms with Crippen molar-refractivity contribution in [2.75, 3.05) is 7.11 Å². The number of fused-ring (bicyclic) bond motifs is 1. The highest BCUT2D eigenvalue weighted by Crippen LogP contribution is 2.23. The summed E-state index contributed by atoms with van der Waals surface area (Å²) in [6, 6.07) is 3.37. The fourth-order valence-corrected chi connectivity index (χ4v) is 2.81. The van der Waals surface area contributed by atoms with Crippen molar-refractivity contribution in [2.24, 2.45) is 0 Å². The lowest BCUT2D eigenvalue weighted by Gasteiger charge is -2.11. The van der Waals surface area contributed by atoms with Crippen LogP contribution < -0.4 is 10.1 Å². The number of aromatic amines is 1. The molecule has 1 heterocycles. The molecule has 1 aromatic carbocycles. The largest absolute Gasteiger partial charge is 0.496 e. The average molecular weight is 317 g/mol. The van der Waals surface area contributed by atoms with Gasteiger partial charge in [0.25, 0.3) is 0 Å². The van der Waals surface area contributed by atoms with Crippen LogP contribution in [0.15, 0.2) is 12.1 Å².